The van der Waals surface area contributed by atoms with E-state index in [2.05, 4.69) is 56.2 Å². The van der Waals surface area contributed by atoms with Crippen LogP contribution < -0.4 is 32.6 Å². The molecule has 25 nitrogen and oxygen atoms in total. The average molecular weight is 915 g/mol. The Hall–Kier alpha value is -3.37. The summed E-state index contributed by atoms with van der Waals surface area (Å²) in [5.41, 5.74) is 4.89. The minimum atomic E-state index is -5.82. The highest BCUT2D eigenvalue weighted by Gasteiger charge is 2.47. The number of hydrogen-bond acceptors (Lipinski definition) is 16. The van der Waals surface area contributed by atoms with Crippen molar-refractivity contribution in [2.75, 3.05) is 31.2 Å². The maximum absolute atomic E-state index is 12.9. The molecule has 0 saturated carbocycles. The Morgan fingerprint density at radius 2 is 1.69 bits per heavy atom. The molecule has 0 aromatic carbocycles. The number of urea groups is 1. The van der Waals surface area contributed by atoms with Gasteiger partial charge in [0.2, 0.25) is 17.8 Å². The number of unbranched alkanes of at least 4 members (excludes halogenated alkanes) is 3. The molecule has 3 fully saturated rings. The number of H-pyrrole nitrogens is 1. The van der Waals surface area contributed by atoms with E-state index in [0.29, 0.717) is 37.5 Å². The Kier molecular flexibility index (Phi) is 15.8. The van der Waals surface area contributed by atoms with Crippen LogP contribution >= 0.6 is 35.2 Å². The number of aliphatic hydroxyl groups excluding tert-OH is 2. The molecular formula is C30H45N8O17P3S. The van der Waals surface area contributed by atoms with E-state index < -0.39 is 60.2 Å². The highest BCUT2D eigenvalue weighted by atomic mass is 32.2. The second-order valence-electron chi connectivity index (χ2n) is 13.6. The van der Waals surface area contributed by atoms with Crippen LogP contribution in [0.4, 0.5) is 10.7 Å². The number of thioether (sulfide) groups is 1. The predicted molar refractivity (Wildman–Crippen MR) is 206 cm³/mol. The Morgan fingerprint density at radius 3 is 2.42 bits per heavy atom. The number of nitrogen functional groups attached to an aromatic ring is 1. The fourth-order valence-electron chi connectivity index (χ4n) is 6.58. The SMILES string of the molecule is Nc1nc2c(c(C#CCNC(=O)CCCCCNC(=O)CCCC[C@@H]3SC[C@@H]4NC(=O)N[C@@H]43)cn2[C@@H]2O[C@H](COP(=O)(O)OP(=O)(O)OP(=O)(O)O)[C@@H](O)[C@H]2O)c(=O)[nH]1. The first kappa shape index (κ1) is 46.7. The molecular weight excluding hydrogens is 869 g/mol. The van der Waals surface area contributed by atoms with Gasteiger partial charge in [0.1, 0.15) is 18.3 Å². The molecule has 0 bridgehead atoms. The Bertz CT molecular complexity index is 2140. The summed E-state index contributed by atoms with van der Waals surface area (Å²) in [6.45, 7) is -0.706. The number of rotatable bonds is 20. The third-order valence-electron chi connectivity index (χ3n) is 9.21. The van der Waals surface area contributed by atoms with Crippen molar-refractivity contribution in [3.05, 3.63) is 22.1 Å². The van der Waals surface area contributed by atoms with Gasteiger partial charge in [-0.1, -0.05) is 24.7 Å². The summed E-state index contributed by atoms with van der Waals surface area (Å²) < 4.78 is 53.1. The van der Waals surface area contributed by atoms with Gasteiger partial charge < -0.3 is 66.1 Å². The number of aromatic amines is 1. The van der Waals surface area contributed by atoms with Gasteiger partial charge in [0.15, 0.2) is 11.9 Å². The van der Waals surface area contributed by atoms with Crippen LogP contribution in [0.15, 0.2) is 11.0 Å². The van der Waals surface area contributed by atoms with Gasteiger partial charge in [0.05, 0.1) is 36.2 Å². The van der Waals surface area contributed by atoms with Gasteiger partial charge >= 0.3 is 29.5 Å². The number of ether oxygens (including phenoxy) is 1. The summed E-state index contributed by atoms with van der Waals surface area (Å²) in [6, 6.07) is 0.214. The lowest BCUT2D eigenvalue weighted by atomic mass is 10.0. The number of carbonyl (C=O) groups is 3. The number of aliphatic hydroxyl groups is 2. The maximum atomic E-state index is 12.9. The van der Waals surface area contributed by atoms with Crippen LogP contribution in [-0.4, -0.2) is 123 Å². The Balaban J connectivity index is 1.04. The molecule has 3 aliphatic heterocycles. The number of aromatic nitrogens is 3. The first-order valence-electron chi connectivity index (χ1n) is 18.1. The van der Waals surface area contributed by atoms with Crippen LogP contribution in [0.2, 0.25) is 0 Å². The monoisotopic (exact) mass is 914 g/mol. The van der Waals surface area contributed by atoms with Crippen molar-refractivity contribution in [3.8, 4) is 11.8 Å². The lowest BCUT2D eigenvalue weighted by Gasteiger charge is -2.19. The summed E-state index contributed by atoms with van der Waals surface area (Å²) in [5.74, 6) is 5.70. The number of nitrogens with one attached hydrogen (secondary N) is 5. The molecule has 3 saturated heterocycles. The lowest BCUT2D eigenvalue weighted by molar-refractivity contribution is -0.122. The molecule has 4 amide bonds. The van der Waals surface area contributed by atoms with E-state index in [1.54, 1.807) is 0 Å². The van der Waals surface area contributed by atoms with Crippen LogP contribution in [-0.2, 0) is 41.2 Å². The van der Waals surface area contributed by atoms with Crippen LogP contribution in [0.3, 0.4) is 0 Å². The van der Waals surface area contributed by atoms with Gasteiger partial charge in [-0.2, -0.15) is 25.4 Å². The highest BCUT2D eigenvalue weighted by molar-refractivity contribution is 8.00. The molecule has 9 atom stereocenters. The Labute approximate surface area is 339 Å². The third-order valence-corrected chi connectivity index (χ3v) is 14.5. The van der Waals surface area contributed by atoms with Gasteiger partial charge in [-0.15, -0.1) is 0 Å². The molecule has 328 valence electrons. The molecule has 0 radical (unpaired) electrons. The van der Waals surface area contributed by atoms with Crippen LogP contribution in [0.1, 0.15) is 63.2 Å². The lowest BCUT2D eigenvalue weighted by Crippen LogP contribution is -2.36. The summed E-state index contributed by atoms with van der Waals surface area (Å²) in [4.78, 5) is 91.8. The summed E-state index contributed by atoms with van der Waals surface area (Å²) in [7, 11) is -17.1. The minimum absolute atomic E-state index is 0.0279. The molecule has 0 spiro atoms. The van der Waals surface area contributed by atoms with Gasteiger partial charge in [-0.25, -0.2) is 18.5 Å². The van der Waals surface area contributed by atoms with Crippen molar-refractivity contribution in [1.82, 2.24) is 35.8 Å². The zero-order valence-electron chi connectivity index (χ0n) is 31.0. The first-order chi connectivity index (χ1) is 27.7. The highest BCUT2D eigenvalue weighted by Crippen LogP contribution is 2.66. The normalized spacial score (nSPS) is 25.9. The molecule has 2 aromatic rings. The first-order valence-corrected chi connectivity index (χ1v) is 23.7. The smallest absolute Gasteiger partial charge is 0.387 e. The number of nitrogens with two attached hydrogens (primary N) is 1. The molecule has 0 aliphatic carbocycles. The minimum Gasteiger partial charge on any atom is -0.387 e. The summed E-state index contributed by atoms with van der Waals surface area (Å²) in [5, 5.41) is 33.0. The van der Waals surface area contributed by atoms with Crippen molar-refractivity contribution < 1.29 is 75.7 Å². The Morgan fingerprint density at radius 1 is 0.983 bits per heavy atom. The number of amides is 4. The van der Waals surface area contributed by atoms with Gasteiger partial charge in [-0.3, -0.25) is 23.9 Å². The maximum Gasteiger partial charge on any atom is 0.490 e. The zero-order chi connectivity index (χ0) is 43.1. The van der Waals surface area contributed by atoms with E-state index in [0.717, 1.165) is 29.6 Å². The third kappa shape index (κ3) is 13.3. The average Bonchev–Trinajstić information content (AvgIpc) is 3.86. The van der Waals surface area contributed by atoms with Crippen LogP contribution in [0.25, 0.3) is 11.0 Å². The molecule has 29 heteroatoms. The van der Waals surface area contributed by atoms with Crippen LogP contribution in [0, 0.1) is 11.8 Å². The van der Waals surface area contributed by atoms with E-state index in [-0.39, 0.29) is 65.4 Å². The summed E-state index contributed by atoms with van der Waals surface area (Å²) in [6.07, 6.45) is -0.421. The fourth-order valence-corrected chi connectivity index (χ4v) is 11.2. The van der Waals surface area contributed by atoms with Gasteiger partial charge in [0.25, 0.3) is 5.56 Å². The van der Waals surface area contributed by atoms with E-state index in [1.165, 1.54) is 6.20 Å². The molecule has 3 aliphatic rings. The molecule has 5 rings (SSSR count). The summed E-state index contributed by atoms with van der Waals surface area (Å²) >= 11 is 1.84. The largest absolute Gasteiger partial charge is 0.490 e. The fraction of sp³-hybridized carbons (Fsp3) is 0.633. The van der Waals surface area contributed by atoms with Crippen molar-refractivity contribution in [1.29, 1.82) is 0 Å². The number of hydrogen-bond donors (Lipinski definition) is 12. The van der Waals surface area contributed by atoms with E-state index in [1.807, 2.05) is 11.8 Å². The van der Waals surface area contributed by atoms with E-state index in [9.17, 15) is 52.9 Å². The quantitative estimate of drug-likeness (QED) is 0.0333. The van der Waals surface area contributed by atoms with Crippen molar-refractivity contribution in [3.63, 3.8) is 0 Å². The molecule has 2 unspecified atom stereocenters. The number of phosphoric ester groups is 1. The standard InChI is InChI=1S/C30H45N8O17P3S/c31-29-36-26-22(27(43)37-29)16(13-38(26)28-25(42)24(41)18(53-28)14-52-57(48,49)55-58(50,51)54-56(45,46)47)7-6-12-33-20(39)9-2-1-5-11-32-21(40)10-4-3-8-19-23-17(15-59-19)34-30(44)35-23/h13,17-19,23-25,28,41-42H,1-5,8-12,14-15H2,(H,32,40)(H,33,39)(H,48,49)(H,50,51)(H2,34,35,44)(H2,45,46,47)(H3,31,36,37,43)/t17-,18+,19-,23-,24+,25+,28+/m0/s1. The second kappa shape index (κ2) is 20.0. The van der Waals surface area contributed by atoms with E-state index >= 15 is 0 Å². The van der Waals surface area contributed by atoms with Crippen molar-refractivity contribution in [2.45, 2.75) is 93.2 Å². The molecule has 13 N–H and O–H groups in total. The van der Waals surface area contributed by atoms with Crippen molar-refractivity contribution >= 4 is 70.1 Å². The number of nitrogens with zero attached hydrogens (tertiary/aromatic N) is 2. The zero-order valence-corrected chi connectivity index (χ0v) is 34.5. The number of carbonyl (C=O) groups excluding carboxylic acids is 3. The number of fused-ring (bicyclic) bond motifs is 2. The van der Waals surface area contributed by atoms with E-state index in [4.69, 9.17) is 20.3 Å². The topological polar surface area (TPSA) is 386 Å². The van der Waals surface area contributed by atoms with Gasteiger partial charge in [-0.05, 0) is 25.7 Å². The van der Waals surface area contributed by atoms with Crippen LogP contribution in [0.5, 0.6) is 0 Å². The number of anilines is 1. The number of phosphoric acid groups is 3. The van der Waals surface area contributed by atoms with Crippen molar-refractivity contribution in [2.24, 2.45) is 0 Å². The molecule has 2 aromatic heterocycles. The predicted octanol–water partition coefficient (Wildman–Crippen LogP) is -0.861. The molecule has 5 heterocycles. The second-order valence-corrected chi connectivity index (χ2v) is 19.3. The van der Waals surface area contributed by atoms with Gasteiger partial charge in [0, 0.05) is 36.6 Å². The molecule has 59 heavy (non-hydrogen) atoms.